The van der Waals surface area contributed by atoms with Crippen LogP contribution in [-0.4, -0.2) is 29.1 Å². The van der Waals surface area contributed by atoms with E-state index in [-0.39, 0.29) is 4.47 Å². The number of aliphatic carboxylic acids is 1. The molecule has 1 aromatic carbocycles. The van der Waals surface area contributed by atoms with E-state index in [0.29, 0.717) is 0 Å². The van der Waals surface area contributed by atoms with Crippen LogP contribution in [0.4, 0.5) is 19.3 Å². The van der Waals surface area contributed by atoms with Crippen molar-refractivity contribution in [3.63, 3.8) is 0 Å². The summed E-state index contributed by atoms with van der Waals surface area (Å²) in [5.74, 6) is -4.58. The topological polar surface area (TPSA) is 122 Å². The molecule has 7 nitrogen and oxygen atoms in total. The highest BCUT2D eigenvalue weighted by atomic mass is 79.9. The fourth-order valence-corrected chi connectivity index (χ4v) is 1.77. The first-order valence-corrected chi connectivity index (χ1v) is 6.23. The first kappa shape index (κ1) is 16.8. The Morgan fingerprint density at radius 3 is 2.24 bits per heavy atom. The Bertz CT molecular complexity index is 574. The lowest BCUT2D eigenvalue weighted by molar-refractivity contribution is -0.140. The van der Waals surface area contributed by atoms with Crippen LogP contribution in [0.5, 0.6) is 0 Å². The monoisotopic (exact) mass is 365 g/mol. The van der Waals surface area contributed by atoms with E-state index in [4.69, 9.17) is 10.8 Å². The van der Waals surface area contributed by atoms with Crippen molar-refractivity contribution in [1.29, 1.82) is 0 Å². The molecule has 0 heterocycles. The average Bonchev–Trinajstić information content (AvgIpc) is 2.32. The standard InChI is InChI=1S/C11H10BrF2N3O4/c12-4-1-5(13)9(6(14)2-4)17-11(21)16-7(10(19)20)3-8(15)18/h1-2,7H,3H2,(H2,15,18)(H,19,20)(H2,16,17,21). The molecule has 0 saturated heterocycles. The van der Waals surface area contributed by atoms with E-state index in [0.717, 1.165) is 12.1 Å². The predicted molar refractivity (Wildman–Crippen MR) is 71.4 cm³/mol. The second-order valence-corrected chi connectivity index (χ2v) is 4.82. The van der Waals surface area contributed by atoms with Crippen molar-refractivity contribution in [2.45, 2.75) is 12.5 Å². The molecule has 1 aromatic rings. The summed E-state index contributed by atoms with van der Waals surface area (Å²) in [6.45, 7) is 0. The van der Waals surface area contributed by atoms with Crippen molar-refractivity contribution in [2.24, 2.45) is 5.73 Å². The van der Waals surface area contributed by atoms with Gasteiger partial charge in [-0.2, -0.15) is 0 Å². The van der Waals surface area contributed by atoms with Crippen LogP contribution < -0.4 is 16.4 Å². The third kappa shape index (κ3) is 4.99. The van der Waals surface area contributed by atoms with Gasteiger partial charge in [-0.1, -0.05) is 15.9 Å². The maximum atomic E-state index is 13.5. The minimum absolute atomic E-state index is 0.126. The number of carboxylic acid groups (broad SMARTS) is 1. The lowest BCUT2D eigenvalue weighted by Crippen LogP contribution is -2.45. The molecule has 0 aliphatic carbocycles. The Morgan fingerprint density at radius 1 is 1.29 bits per heavy atom. The van der Waals surface area contributed by atoms with Gasteiger partial charge in [0, 0.05) is 4.47 Å². The Hall–Kier alpha value is -2.23. The van der Waals surface area contributed by atoms with Crippen molar-refractivity contribution in [2.75, 3.05) is 5.32 Å². The molecule has 10 heteroatoms. The number of nitrogens with one attached hydrogen (secondary N) is 2. The zero-order valence-electron chi connectivity index (χ0n) is 10.3. The van der Waals surface area contributed by atoms with Gasteiger partial charge in [0.2, 0.25) is 5.91 Å². The Morgan fingerprint density at radius 2 is 1.81 bits per heavy atom. The summed E-state index contributed by atoms with van der Waals surface area (Å²) in [7, 11) is 0. The highest BCUT2D eigenvalue weighted by Crippen LogP contribution is 2.23. The summed E-state index contributed by atoms with van der Waals surface area (Å²) < 4.78 is 27.1. The number of carbonyl (C=O) groups is 3. The normalized spacial score (nSPS) is 11.6. The number of rotatable bonds is 5. The second kappa shape index (κ2) is 6.97. The van der Waals surface area contributed by atoms with Crippen LogP contribution in [0.1, 0.15) is 6.42 Å². The maximum Gasteiger partial charge on any atom is 0.326 e. The fraction of sp³-hybridized carbons (Fsp3) is 0.182. The minimum Gasteiger partial charge on any atom is -0.480 e. The quantitative estimate of drug-likeness (QED) is 0.625. The van der Waals surface area contributed by atoms with Crippen LogP contribution in [0, 0.1) is 11.6 Å². The summed E-state index contributed by atoms with van der Waals surface area (Å²) >= 11 is 2.86. The van der Waals surface area contributed by atoms with E-state index in [1.54, 1.807) is 0 Å². The van der Waals surface area contributed by atoms with Gasteiger partial charge in [0.25, 0.3) is 0 Å². The number of hydrogen-bond donors (Lipinski definition) is 4. The van der Waals surface area contributed by atoms with Crippen molar-refractivity contribution >= 4 is 39.5 Å². The van der Waals surface area contributed by atoms with Crippen LogP contribution >= 0.6 is 15.9 Å². The van der Waals surface area contributed by atoms with E-state index in [1.807, 2.05) is 10.6 Å². The smallest absolute Gasteiger partial charge is 0.326 e. The molecule has 1 atom stereocenters. The molecule has 0 aromatic heterocycles. The highest BCUT2D eigenvalue weighted by molar-refractivity contribution is 9.10. The van der Waals surface area contributed by atoms with E-state index >= 15 is 0 Å². The molecule has 0 bridgehead atoms. The number of halogens is 3. The first-order valence-electron chi connectivity index (χ1n) is 5.44. The molecule has 1 unspecified atom stereocenters. The largest absolute Gasteiger partial charge is 0.480 e. The molecular weight excluding hydrogens is 356 g/mol. The second-order valence-electron chi connectivity index (χ2n) is 3.90. The fourth-order valence-electron chi connectivity index (χ4n) is 1.37. The average molecular weight is 366 g/mol. The summed E-state index contributed by atoms with van der Waals surface area (Å²) in [6, 6.07) is -0.971. The number of benzene rings is 1. The van der Waals surface area contributed by atoms with E-state index in [9.17, 15) is 23.2 Å². The molecule has 0 spiro atoms. The van der Waals surface area contributed by atoms with Crippen molar-refractivity contribution in [3.05, 3.63) is 28.2 Å². The molecule has 3 amide bonds. The third-order valence-corrected chi connectivity index (χ3v) is 2.71. The van der Waals surface area contributed by atoms with E-state index in [2.05, 4.69) is 15.9 Å². The zero-order chi connectivity index (χ0) is 16.2. The maximum absolute atomic E-state index is 13.5. The molecule has 5 N–H and O–H groups in total. The molecule has 0 radical (unpaired) electrons. The van der Waals surface area contributed by atoms with Crippen LogP contribution in [-0.2, 0) is 9.59 Å². The van der Waals surface area contributed by atoms with Crippen LogP contribution in [0.3, 0.4) is 0 Å². The van der Waals surface area contributed by atoms with E-state index < -0.39 is 47.7 Å². The molecular formula is C11H10BrF2N3O4. The Labute approximate surface area is 125 Å². The number of nitrogens with two attached hydrogens (primary N) is 1. The van der Waals surface area contributed by atoms with Gasteiger partial charge in [-0.3, -0.25) is 4.79 Å². The van der Waals surface area contributed by atoms with Crippen LogP contribution in [0.25, 0.3) is 0 Å². The third-order valence-electron chi connectivity index (χ3n) is 2.25. The van der Waals surface area contributed by atoms with Gasteiger partial charge in [-0.25, -0.2) is 18.4 Å². The van der Waals surface area contributed by atoms with Gasteiger partial charge in [0.15, 0.2) is 11.6 Å². The zero-order valence-corrected chi connectivity index (χ0v) is 11.9. The van der Waals surface area contributed by atoms with Gasteiger partial charge in [0.05, 0.1) is 6.42 Å². The summed E-state index contributed by atoms with van der Waals surface area (Å²) in [5, 5.41) is 12.5. The predicted octanol–water partition coefficient (Wildman–Crippen LogP) is 1.18. The molecule has 0 fully saturated rings. The lowest BCUT2D eigenvalue weighted by Gasteiger charge is -2.14. The van der Waals surface area contributed by atoms with Gasteiger partial charge < -0.3 is 21.5 Å². The van der Waals surface area contributed by atoms with Gasteiger partial charge in [-0.05, 0) is 12.1 Å². The van der Waals surface area contributed by atoms with Crippen molar-refractivity contribution in [1.82, 2.24) is 5.32 Å². The number of amides is 3. The summed E-state index contributed by atoms with van der Waals surface area (Å²) in [6.07, 6.45) is -0.659. The van der Waals surface area contributed by atoms with Gasteiger partial charge in [0.1, 0.15) is 11.7 Å². The number of carbonyl (C=O) groups excluding carboxylic acids is 2. The minimum atomic E-state index is -1.61. The first-order chi connectivity index (χ1) is 9.70. The Balaban J connectivity index is 2.82. The summed E-state index contributed by atoms with van der Waals surface area (Å²) in [5.41, 5.74) is 4.07. The SMILES string of the molecule is NC(=O)CC(NC(=O)Nc1c(F)cc(Br)cc1F)C(=O)O. The molecule has 21 heavy (non-hydrogen) atoms. The molecule has 0 saturated carbocycles. The number of carboxylic acids is 1. The molecule has 0 aliphatic rings. The van der Waals surface area contributed by atoms with Crippen molar-refractivity contribution in [3.8, 4) is 0 Å². The molecule has 1 rings (SSSR count). The van der Waals surface area contributed by atoms with Crippen LogP contribution in [0.2, 0.25) is 0 Å². The molecule has 114 valence electrons. The van der Waals surface area contributed by atoms with Gasteiger partial charge in [-0.15, -0.1) is 0 Å². The number of urea groups is 1. The number of hydrogen-bond acceptors (Lipinski definition) is 3. The van der Waals surface area contributed by atoms with Crippen molar-refractivity contribution < 1.29 is 28.3 Å². The van der Waals surface area contributed by atoms with E-state index in [1.165, 1.54) is 0 Å². The highest BCUT2D eigenvalue weighted by Gasteiger charge is 2.23. The summed E-state index contributed by atoms with van der Waals surface area (Å²) in [4.78, 5) is 33.0. The molecule has 0 aliphatic heterocycles. The van der Waals surface area contributed by atoms with Gasteiger partial charge >= 0.3 is 12.0 Å². The number of primary amides is 1. The number of anilines is 1. The van der Waals surface area contributed by atoms with Crippen LogP contribution in [0.15, 0.2) is 16.6 Å². The lowest BCUT2D eigenvalue weighted by atomic mass is 10.2. The Kier molecular flexibility index (Phi) is 5.59.